The maximum absolute atomic E-state index is 13.7. The van der Waals surface area contributed by atoms with Gasteiger partial charge in [-0.3, -0.25) is 0 Å². The molecule has 0 bridgehead atoms. The predicted octanol–water partition coefficient (Wildman–Crippen LogP) is 4.57. The summed E-state index contributed by atoms with van der Waals surface area (Å²) in [6.45, 7) is 0. The molecule has 96 valence electrons. The SMILES string of the molecule is COc1ccc(Oc2ccc(N=[N+]=[N-])cc2F)cc1. The Labute approximate surface area is 108 Å². The summed E-state index contributed by atoms with van der Waals surface area (Å²) in [5.74, 6) is 0.630. The Bertz CT molecular complexity index is 622. The lowest BCUT2D eigenvalue weighted by Crippen LogP contribution is -1.88. The zero-order chi connectivity index (χ0) is 13.7. The summed E-state index contributed by atoms with van der Waals surface area (Å²) in [6.07, 6.45) is 0. The van der Waals surface area contributed by atoms with Crippen LogP contribution in [0.25, 0.3) is 10.4 Å². The Balaban J connectivity index is 2.20. The molecule has 0 fully saturated rings. The molecule has 0 heterocycles. The maximum atomic E-state index is 13.7. The average Bonchev–Trinajstić information content (AvgIpc) is 2.43. The number of azide groups is 1. The molecule has 0 aliphatic carbocycles. The van der Waals surface area contributed by atoms with Gasteiger partial charge in [0, 0.05) is 10.6 Å². The zero-order valence-corrected chi connectivity index (χ0v) is 10.1. The van der Waals surface area contributed by atoms with Crippen molar-refractivity contribution in [1.82, 2.24) is 0 Å². The first kappa shape index (κ1) is 12.7. The quantitative estimate of drug-likeness (QED) is 0.458. The molecule has 0 saturated carbocycles. The van der Waals surface area contributed by atoms with E-state index >= 15 is 0 Å². The van der Waals surface area contributed by atoms with E-state index in [1.807, 2.05) is 0 Å². The van der Waals surface area contributed by atoms with E-state index in [4.69, 9.17) is 15.0 Å². The number of nitrogens with zero attached hydrogens (tertiary/aromatic N) is 3. The van der Waals surface area contributed by atoms with Crippen molar-refractivity contribution in [3.05, 3.63) is 58.7 Å². The number of benzene rings is 2. The molecule has 0 aliphatic rings. The maximum Gasteiger partial charge on any atom is 0.166 e. The number of hydrogen-bond acceptors (Lipinski definition) is 3. The van der Waals surface area contributed by atoms with Crippen molar-refractivity contribution in [2.45, 2.75) is 0 Å². The number of halogens is 1. The molecule has 5 nitrogen and oxygen atoms in total. The van der Waals surface area contributed by atoms with Crippen molar-refractivity contribution in [2.24, 2.45) is 5.11 Å². The van der Waals surface area contributed by atoms with Crippen LogP contribution in [-0.2, 0) is 0 Å². The third-order valence-electron chi connectivity index (χ3n) is 2.36. The minimum absolute atomic E-state index is 0.0575. The van der Waals surface area contributed by atoms with Gasteiger partial charge in [-0.15, -0.1) is 0 Å². The second kappa shape index (κ2) is 5.75. The molecular formula is C13H10FN3O2. The monoisotopic (exact) mass is 259 g/mol. The first-order chi connectivity index (χ1) is 9.22. The molecule has 6 heteroatoms. The molecule has 19 heavy (non-hydrogen) atoms. The molecule has 2 aromatic carbocycles. The fraction of sp³-hybridized carbons (Fsp3) is 0.0769. The van der Waals surface area contributed by atoms with Crippen LogP contribution in [0.1, 0.15) is 0 Å². The summed E-state index contributed by atoms with van der Waals surface area (Å²) in [4.78, 5) is 2.58. The second-order valence-electron chi connectivity index (χ2n) is 3.58. The molecule has 0 aromatic heterocycles. The van der Waals surface area contributed by atoms with E-state index in [0.717, 1.165) is 6.07 Å². The van der Waals surface area contributed by atoms with Crippen molar-refractivity contribution < 1.29 is 13.9 Å². The van der Waals surface area contributed by atoms with Gasteiger partial charge in [0.25, 0.3) is 0 Å². The fourth-order valence-corrected chi connectivity index (χ4v) is 1.46. The highest BCUT2D eigenvalue weighted by molar-refractivity contribution is 5.44. The van der Waals surface area contributed by atoms with Gasteiger partial charge in [-0.2, -0.15) is 0 Å². The van der Waals surface area contributed by atoms with Gasteiger partial charge >= 0.3 is 0 Å². The van der Waals surface area contributed by atoms with Crippen LogP contribution < -0.4 is 9.47 Å². The summed E-state index contributed by atoms with van der Waals surface area (Å²) >= 11 is 0. The molecule has 0 spiro atoms. The summed E-state index contributed by atoms with van der Waals surface area (Å²) in [5.41, 5.74) is 8.45. The Kier molecular flexibility index (Phi) is 3.85. The van der Waals surface area contributed by atoms with Crippen LogP contribution in [0.4, 0.5) is 10.1 Å². The Morgan fingerprint density at radius 2 is 1.79 bits per heavy atom. The number of hydrogen-bond donors (Lipinski definition) is 0. The number of methoxy groups -OCH3 is 1. The topological polar surface area (TPSA) is 67.2 Å². The molecule has 0 saturated heterocycles. The first-order valence-corrected chi connectivity index (χ1v) is 5.39. The van der Waals surface area contributed by atoms with E-state index in [2.05, 4.69) is 10.0 Å². The summed E-state index contributed by atoms with van der Waals surface area (Å²) < 4.78 is 24.1. The minimum Gasteiger partial charge on any atom is -0.497 e. The van der Waals surface area contributed by atoms with Gasteiger partial charge in [-0.1, -0.05) is 5.11 Å². The highest BCUT2D eigenvalue weighted by atomic mass is 19.1. The standard InChI is InChI=1S/C13H10FN3O2/c1-18-10-3-5-11(6-4-10)19-13-7-2-9(16-17-15)8-12(13)14/h2-8H,1H3. The van der Waals surface area contributed by atoms with E-state index < -0.39 is 5.82 Å². The van der Waals surface area contributed by atoms with Crippen LogP contribution in [0.2, 0.25) is 0 Å². The van der Waals surface area contributed by atoms with Crippen LogP contribution in [-0.4, -0.2) is 7.11 Å². The van der Waals surface area contributed by atoms with Crippen LogP contribution >= 0.6 is 0 Å². The summed E-state index contributed by atoms with van der Waals surface area (Å²) in [5, 5.41) is 3.31. The molecule has 2 rings (SSSR count). The fourth-order valence-electron chi connectivity index (χ4n) is 1.46. The Morgan fingerprint density at radius 1 is 1.11 bits per heavy atom. The minimum atomic E-state index is -0.597. The molecule has 0 unspecified atom stereocenters. The van der Waals surface area contributed by atoms with Gasteiger partial charge in [0.05, 0.1) is 7.11 Å². The molecular weight excluding hydrogens is 249 g/mol. The van der Waals surface area contributed by atoms with E-state index in [1.165, 1.54) is 12.1 Å². The summed E-state index contributed by atoms with van der Waals surface area (Å²) in [7, 11) is 1.56. The van der Waals surface area contributed by atoms with Crippen LogP contribution in [0.5, 0.6) is 17.2 Å². The lowest BCUT2D eigenvalue weighted by atomic mass is 10.3. The third kappa shape index (κ3) is 3.14. The highest BCUT2D eigenvalue weighted by Crippen LogP contribution is 2.28. The van der Waals surface area contributed by atoms with E-state index in [1.54, 1.807) is 31.4 Å². The lowest BCUT2D eigenvalue weighted by molar-refractivity contribution is 0.411. The van der Waals surface area contributed by atoms with Gasteiger partial charge < -0.3 is 9.47 Å². The largest absolute Gasteiger partial charge is 0.497 e. The van der Waals surface area contributed by atoms with Crippen molar-refractivity contribution >= 4 is 5.69 Å². The van der Waals surface area contributed by atoms with Crippen molar-refractivity contribution in [3.8, 4) is 17.2 Å². The average molecular weight is 259 g/mol. The van der Waals surface area contributed by atoms with Gasteiger partial charge in [0.2, 0.25) is 0 Å². The van der Waals surface area contributed by atoms with Crippen LogP contribution in [0.15, 0.2) is 47.6 Å². The van der Waals surface area contributed by atoms with E-state index in [-0.39, 0.29) is 11.4 Å². The zero-order valence-electron chi connectivity index (χ0n) is 10.1. The second-order valence-corrected chi connectivity index (χ2v) is 3.58. The predicted molar refractivity (Wildman–Crippen MR) is 68.3 cm³/mol. The van der Waals surface area contributed by atoms with Gasteiger partial charge in [-0.05, 0) is 48.0 Å². The van der Waals surface area contributed by atoms with E-state index in [0.29, 0.717) is 11.5 Å². The van der Waals surface area contributed by atoms with Crippen molar-refractivity contribution in [1.29, 1.82) is 0 Å². The lowest BCUT2D eigenvalue weighted by Gasteiger charge is -2.07. The smallest absolute Gasteiger partial charge is 0.166 e. The molecule has 2 aromatic rings. The normalized spacial score (nSPS) is 9.58. The van der Waals surface area contributed by atoms with Gasteiger partial charge in [0.1, 0.15) is 11.5 Å². The molecule has 0 aliphatic heterocycles. The Hall–Kier alpha value is -2.72. The van der Waals surface area contributed by atoms with Gasteiger partial charge in [0.15, 0.2) is 11.6 Å². The highest BCUT2D eigenvalue weighted by Gasteiger charge is 2.05. The van der Waals surface area contributed by atoms with Gasteiger partial charge in [-0.25, -0.2) is 4.39 Å². The van der Waals surface area contributed by atoms with Crippen molar-refractivity contribution in [2.75, 3.05) is 7.11 Å². The van der Waals surface area contributed by atoms with Crippen molar-refractivity contribution in [3.63, 3.8) is 0 Å². The molecule has 0 amide bonds. The van der Waals surface area contributed by atoms with Crippen LogP contribution in [0, 0.1) is 5.82 Å². The van der Waals surface area contributed by atoms with Crippen LogP contribution in [0.3, 0.4) is 0 Å². The Morgan fingerprint density at radius 3 is 2.37 bits per heavy atom. The molecule has 0 radical (unpaired) electrons. The molecule has 0 atom stereocenters. The summed E-state index contributed by atoms with van der Waals surface area (Å²) in [6, 6.07) is 10.7. The van der Waals surface area contributed by atoms with E-state index in [9.17, 15) is 4.39 Å². The number of ether oxygens (including phenoxy) is 2. The first-order valence-electron chi connectivity index (χ1n) is 5.39. The molecule has 0 N–H and O–H groups in total. The third-order valence-corrected chi connectivity index (χ3v) is 2.36. The number of rotatable bonds is 4.